The van der Waals surface area contributed by atoms with Crippen LogP contribution in [0.5, 0.6) is 0 Å². The number of benzene rings is 2. The van der Waals surface area contributed by atoms with Gasteiger partial charge in [0.05, 0.1) is 13.2 Å². The third-order valence-electron chi connectivity index (χ3n) is 5.14. The summed E-state index contributed by atoms with van der Waals surface area (Å²) < 4.78 is 5.81. The summed E-state index contributed by atoms with van der Waals surface area (Å²) in [6, 6.07) is 18.4. The Bertz CT molecular complexity index is 821. The van der Waals surface area contributed by atoms with E-state index < -0.39 is 0 Å². The van der Waals surface area contributed by atoms with Crippen LogP contribution in [0.1, 0.15) is 30.9 Å². The number of rotatable bonds is 9. The van der Waals surface area contributed by atoms with E-state index in [-0.39, 0.29) is 5.91 Å². The van der Waals surface area contributed by atoms with Crippen molar-refractivity contribution < 1.29 is 9.53 Å². The molecule has 0 saturated carbocycles. The molecule has 1 aliphatic rings. The molecule has 6 heteroatoms. The van der Waals surface area contributed by atoms with E-state index in [2.05, 4.69) is 46.8 Å². The number of amides is 1. The molecule has 0 aliphatic carbocycles. The third-order valence-corrected chi connectivity index (χ3v) is 5.14. The van der Waals surface area contributed by atoms with Crippen LogP contribution in [0.25, 0.3) is 0 Å². The summed E-state index contributed by atoms with van der Waals surface area (Å²) in [7, 11) is 1.77. The third kappa shape index (κ3) is 6.59. The van der Waals surface area contributed by atoms with Gasteiger partial charge in [-0.2, -0.15) is 0 Å². The molecule has 1 heterocycles. The van der Waals surface area contributed by atoms with Crippen LogP contribution in [0.4, 0.5) is 5.69 Å². The second-order valence-electron chi connectivity index (χ2n) is 7.73. The molecule has 0 bridgehead atoms. The lowest BCUT2D eigenvalue weighted by molar-refractivity contribution is -0.117. The molecule has 2 aromatic rings. The Morgan fingerprint density at radius 2 is 1.87 bits per heavy atom. The SMILES string of the molecule is CN=C(NCc1ccc(N2CCCC2=O)cc1)NCC(C)COCc1ccccc1. The molecule has 1 fully saturated rings. The predicted molar refractivity (Wildman–Crippen MR) is 121 cm³/mol. The standard InChI is InChI=1S/C24H32N4O2/c1-19(17-30-18-21-7-4-3-5-8-21)15-26-24(25-2)27-16-20-10-12-22(13-11-20)28-14-6-9-23(28)29/h3-5,7-8,10-13,19H,6,9,14-18H2,1-2H3,(H2,25,26,27). The number of guanidine groups is 1. The minimum absolute atomic E-state index is 0.215. The van der Waals surface area contributed by atoms with Crippen LogP contribution in [-0.2, 0) is 22.7 Å². The maximum Gasteiger partial charge on any atom is 0.227 e. The minimum atomic E-state index is 0.215. The van der Waals surface area contributed by atoms with Gasteiger partial charge in [0.2, 0.25) is 5.91 Å². The summed E-state index contributed by atoms with van der Waals surface area (Å²) in [4.78, 5) is 18.0. The van der Waals surface area contributed by atoms with Gasteiger partial charge >= 0.3 is 0 Å². The van der Waals surface area contributed by atoms with Gasteiger partial charge in [-0.05, 0) is 35.6 Å². The van der Waals surface area contributed by atoms with Crippen molar-refractivity contribution in [3.8, 4) is 0 Å². The first-order valence-corrected chi connectivity index (χ1v) is 10.6. The Morgan fingerprint density at radius 1 is 1.10 bits per heavy atom. The smallest absolute Gasteiger partial charge is 0.227 e. The van der Waals surface area contributed by atoms with E-state index in [9.17, 15) is 4.79 Å². The molecule has 6 nitrogen and oxygen atoms in total. The first-order valence-electron chi connectivity index (χ1n) is 10.6. The van der Waals surface area contributed by atoms with Crippen LogP contribution < -0.4 is 15.5 Å². The topological polar surface area (TPSA) is 66.0 Å². The second-order valence-corrected chi connectivity index (χ2v) is 7.73. The van der Waals surface area contributed by atoms with Crippen LogP contribution in [0.3, 0.4) is 0 Å². The molecule has 3 rings (SSSR count). The molecule has 1 atom stereocenters. The fourth-order valence-electron chi connectivity index (χ4n) is 3.40. The number of anilines is 1. The number of hydrogen-bond donors (Lipinski definition) is 2. The van der Waals surface area contributed by atoms with Crippen LogP contribution in [0, 0.1) is 5.92 Å². The van der Waals surface area contributed by atoms with Gasteiger partial charge < -0.3 is 20.3 Å². The van der Waals surface area contributed by atoms with Crippen molar-refractivity contribution in [3.63, 3.8) is 0 Å². The number of nitrogens with zero attached hydrogens (tertiary/aromatic N) is 2. The van der Waals surface area contributed by atoms with Gasteiger partial charge in [0, 0.05) is 38.8 Å². The molecular weight excluding hydrogens is 376 g/mol. The number of carbonyl (C=O) groups is 1. The fraction of sp³-hybridized carbons (Fsp3) is 0.417. The Labute approximate surface area is 179 Å². The highest BCUT2D eigenvalue weighted by Crippen LogP contribution is 2.21. The Morgan fingerprint density at radius 3 is 2.53 bits per heavy atom. The lowest BCUT2D eigenvalue weighted by atomic mass is 10.2. The highest BCUT2D eigenvalue weighted by molar-refractivity contribution is 5.95. The van der Waals surface area contributed by atoms with Crippen molar-refractivity contribution in [1.82, 2.24) is 10.6 Å². The average molecular weight is 409 g/mol. The number of nitrogens with one attached hydrogen (secondary N) is 2. The van der Waals surface area contributed by atoms with Crippen LogP contribution in [-0.4, -0.2) is 38.6 Å². The quantitative estimate of drug-likeness (QED) is 0.493. The number of hydrogen-bond acceptors (Lipinski definition) is 3. The highest BCUT2D eigenvalue weighted by Gasteiger charge is 2.21. The Balaban J connectivity index is 1.36. The summed E-state index contributed by atoms with van der Waals surface area (Å²) >= 11 is 0. The Hall–Kier alpha value is -2.86. The molecule has 0 radical (unpaired) electrons. The van der Waals surface area contributed by atoms with Gasteiger partial charge in [0.25, 0.3) is 0 Å². The lowest BCUT2D eigenvalue weighted by Gasteiger charge is -2.17. The molecular formula is C24H32N4O2. The van der Waals surface area contributed by atoms with E-state index in [1.165, 1.54) is 5.56 Å². The summed E-state index contributed by atoms with van der Waals surface area (Å²) in [6.07, 6.45) is 1.60. The van der Waals surface area contributed by atoms with Gasteiger partial charge in [0.1, 0.15) is 0 Å². The molecule has 30 heavy (non-hydrogen) atoms. The zero-order valence-electron chi connectivity index (χ0n) is 17.9. The molecule has 1 unspecified atom stereocenters. The van der Waals surface area contributed by atoms with Gasteiger partial charge in [-0.1, -0.05) is 49.4 Å². The average Bonchev–Trinajstić information content (AvgIpc) is 3.21. The largest absolute Gasteiger partial charge is 0.376 e. The molecule has 160 valence electrons. The van der Waals surface area contributed by atoms with Crippen molar-refractivity contribution in [3.05, 3.63) is 65.7 Å². The fourth-order valence-corrected chi connectivity index (χ4v) is 3.40. The molecule has 0 spiro atoms. The summed E-state index contributed by atoms with van der Waals surface area (Å²) in [6.45, 7) is 5.76. The van der Waals surface area contributed by atoms with E-state index in [0.29, 0.717) is 32.1 Å². The minimum Gasteiger partial charge on any atom is -0.376 e. The number of carbonyl (C=O) groups excluding carboxylic acids is 1. The van der Waals surface area contributed by atoms with Gasteiger partial charge in [-0.3, -0.25) is 9.79 Å². The van der Waals surface area contributed by atoms with Crippen LogP contribution in [0.15, 0.2) is 59.6 Å². The van der Waals surface area contributed by atoms with Crippen molar-refractivity contribution >= 4 is 17.6 Å². The van der Waals surface area contributed by atoms with E-state index in [4.69, 9.17) is 4.74 Å². The van der Waals surface area contributed by atoms with Gasteiger partial charge in [-0.15, -0.1) is 0 Å². The highest BCUT2D eigenvalue weighted by atomic mass is 16.5. The first-order chi connectivity index (χ1) is 14.7. The maximum atomic E-state index is 11.9. The zero-order valence-corrected chi connectivity index (χ0v) is 17.9. The molecule has 1 aliphatic heterocycles. The summed E-state index contributed by atoms with van der Waals surface area (Å²) in [5, 5.41) is 6.69. The number of ether oxygens (including phenoxy) is 1. The van der Waals surface area contributed by atoms with Crippen molar-refractivity contribution in [2.75, 3.05) is 31.6 Å². The van der Waals surface area contributed by atoms with Gasteiger partial charge in [0.15, 0.2) is 5.96 Å². The zero-order chi connectivity index (χ0) is 21.2. The molecule has 2 N–H and O–H groups in total. The van der Waals surface area contributed by atoms with Gasteiger partial charge in [-0.25, -0.2) is 0 Å². The first kappa shape index (κ1) is 21.8. The second kappa shape index (κ2) is 11.4. The van der Waals surface area contributed by atoms with Crippen LogP contribution >= 0.6 is 0 Å². The monoisotopic (exact) mass is 408 g/mol. The number of aliphatic imine (C=N–C) groups is 1. The van der Waals surface area contributed by atoms with Crippen molar-refractivity contribution in [2.24, 2.45) is 10.9 Å². The molecule has 2 aromatic carbocycles. The predicted octanol–water partition coefficient (Wildman–Crippen LogP) is 3.33. The molecule has 0 aromatic heterocycles. The molecule has 1 amide bonds. The van der Waals surface area contributed by atoms with Crippen LogP contribution in [0.2, 0.25) is 0 Å². The normalized spacial score (nSPS) is 15.3. The lowest BCUT2D eigenvalue weighted by Crippen LogP contribution is -2.39. The van der Waals surface area contributed by atoms with E-state index >= 15 is 0 Å². The molecule has 1 saturated heterocycles. The van der Waals surface area contributed by atoms with Crippen molar-refractivity contribution in [1.29, 1.82) is 0 Å². The van der Waals surface area contributed by atoms with E-state index in [1.54, 1.807) is 7.05 Å². The van der Waals surface area contributed by atoms with Crippen molar-refractivity contribution in [2.45, 2.75) is 32.9 Å². The van der Waals surface area contributed by atoms with E-state index in [1.807, 2.05) is 35.2 Å². The van der Waals surface area contributed by atoms with E-state index in [0.717, 1.165) is 36.7 Å². The summed E-state index contributed by atoms with van der Waals surface area (Å²) in [5.41, 5.74) is 3.32. The Kier molecular flexibility index (Phi) is 8.27. The maximum absolute atomic E-state index is 11.9. The summed E-state index contributed by atoms with van der Waals surface area (Å²) in [5.74, 6) is 1.35.